The van der Waals surface area contributed by atoms with Crippen molar-refractivity contribution in [3.8, 4) is 5.75 Å². The van der Waals surface area contributed by atoms with E-state index in [0.29, 0.717) is 6.61 Å². The minimum Gasteiger partial charge on any atom is -0.488 e. The molecule has 94 valence electrons. The van der Waals surface area contributed by atoms with Crippen LogP contribution in [0.3, 0.4) is 0 Å². The molecule has 2 rings (SSSR count). The van der Waals surface area contributed by atoms with Gasteiger partial charge in [-0.1, -0.05) is 18.2 Å². The first-order chi connectivity index (χ1) is 8.70. The molecule has 0 aliphatic rings. The number of para-hydroxylation sites is 1. The van der Waals surface area contributed by atoms with E-state index in [4.69, 9.17) is 4.74 Å². The predicted octanol–water partition coefficient (Wildman–Crippen LogP) is 3.32. The first-order valence-corrected chi connectivity index (χ1v) is 6.02. The fourth-order valence-corrected chi connectivity index (χ4v) is 1.88. The van der Waals surface area contributed by atoms with Crippen molar-refractivity contribution >= 4 is 5.82 Å². The topological polar surface area (TPSA) is 34.1 Å². The Balaban J connectivity index is 2.11. The maximum atomic E-state index is 5.90. The Morgan fingerprint density at radius 3 is 2.56 bits per heavy atom. The van der Waals surface area contributed by atoms with Gasteiger partial charge in [-0.05, 0) is 42.7 Å². The van der Waals surface area contributed by atoms with Crippen LogP contribution in [0.5, 0.6) is 5.75 Å². The SMILES string of the molecule is CNc1cc(COc2c(C)cccc2C)ccn1. The van der Waals surface area contributed by atoms with Gasteiger partial charge in [0.2, 0.25) is 0 Å². The van der Waals surface area contributed by atoms with Gasteiger partial charge in [0.15, 0.2) is 0 Å². The molecule has 3 nitrogen and oxygen atoms in total. The Labute approximate surface area is 108 Å². The van der Waals surface area contributed by atoms with Crippen molar-refractivity contribution in [2.45, 2.75) is 20.5 Å². The number of nitrogens with zero attached hydrogens (tertiary/aromatic N) is 1. The van der Waals surface area contributed by atoms with Gasteiger partial charge in [-0.25, -0.2) is 4.98 Å². The zero-order valence-corrected chi connectivity index (χ0v) is 11.0. The summed E-state index contributed by atoms with van der Waals surface area (Å²) in [6.45, 7) is 4.69. The Hall–Kier alpha value is -2.03. The van der Waals surface area contributed by atoms with Gasteiger partial charge >= 0.3 is 0 Å². The van der Waals surface area contributed by atoms with Crippen LogP contribution in [0, 0.1) is 13.8 Å². The molecule has 1 N–H and O–H groups in total. The molecule has 0 fully saturated rings. The van der Waals surface area contributed by atoms with Crippen LogP contribution in [0.15, 0.2) is 36.5 Å². The summed E-state index contributed by atoms with van der Waals surface area (Å²) >= 11 is 0. The van der Waals surface area contributed by atoms with Gasteiger partial charge in [0.1, 0.15) is 18.2 Å². The second-order valence-electron chi connectivity index (χ2n) is 4.31. The Morgan fingerprint density at radius 2 is 1.89 bits per heavy atom. The molecule has 0 atom stereocenters. The molecule has 0 unspecified atom stereocenters. The molecule has 1 aromatic heterocycles. The summed E-state index contributed by atoms with van der Waals surface area (Å²) in [5.74, 6) is 1.83. The average Bonchev–Trinajstić information content (AvgIpc) is 2.38. The summed E-state index contributed by atoms with van der Waals surface area (Å²) in [4.78, 5) is 4.18. The normalized spacial score (nSPS) is 10.2. The molecule has 18 heavy (non-hydrogen) atoms. The average molecular weight is 242 g/mol. The highest BCUT2D eigenvalue weighted by atomic mass is 16.5. The fourth-order valence-electron chi connectivity index (χ4n) is 1.88. The first-order valence-electron chi connectivity index (χ1n) is 6.02. The van der Waals surface area contributed by atoms with Gasteiger partial charge in [-0.15, -0.1) is 0 Å². The van der Waals surface area contributed by atoms with Gasteiger partial charge in [0.05, 0.1) is 0 Å². The van der Waals surface area contributed by atoms with Crippen molar-refractivity contribution in [3.05, 3.63) is 53.2 Å². The number of pyridine rings is 1. The third kappa shape index (κ3) is 2.80. The number of ether oxygens (including phenoxy) is 1. The maximum absolute atomic E-state index is 5.90. The van der Waals surface area contributed by atoms with E-state index in [1.54, 1.807) is 6.20 Å². The molecule has 2 aromatic rings. The van der Waals surface area contributed by atoms with Crippen molar-refractivity contribution < 1.29 is 4.74 Å². The molecule has 0 saturated carbocycles. The van der Waals surface area contributed by atoms with Gasteiger partial charge < -0.3 is 10.1 Å². The number of hydrogen-bond donors (Lipinski definition) is 1. The molecule has 0 amide bonds. The zero-order chi connectivity index (χ0) is 13.0. The molecule has 3 heteroatoms. The zero-order valence-electron chi connectivity index (χ0n) is 11.0. The van der Waals surface area contributed by atoms with Crippen molar-refractivity contribution in [2.75, 3.05) is 12.4 Å². The van der Waals surface area contributed by atoms with E-state index >= 15 is 0 Å². The number of aryl methyl sites for hydroxylation is 2. The van der Waals surface area contributed by atoms with Crippen molar-refractivity contribution in [1.82, 2.24) is 4.98 Å². The standard InChI is InChI=1S/C15H18N2O/c1-11-5-4-6-12(2)15(11)18-10-13-7-8-17-14(9-13)16-3/h4-9H,10H2,1-3H3,(H,16,17). The smallest absolute Gasteiger partial charge is 0.126 e. The van der Waals surface area contributed by atoms with Gasteiger partial charge in [-0.3, -0.25) is 0 Å². The number of anilines is 1. The van der Waals surface area contributed by atoms with E-state index in [1.807, 2.05) is 25.2 Å². The Kier molecular flexibility index (Phi) is 3.82. The molecular formula is C15H18N2O. The Morgan fingerprint density at radius 1 is 1.17 bits per heavy atom. The molecule has 0 bridgehead atoms. The lowest BCUT2D eigenvalue weighted by atomic mass is 10.1. The summed E-state index contributed by atoms with van der Waals surface area (Å²) < 4.78 is 5.90. The molecule has 1 heterocycles. The van der Waals surface area contributed by atoms with Crippen LogP contribution in [0.4, 0.5) is 5.82 Å². The van der Waals surface area contributed by atoms with E-state index in [1.165, 1.54) is 0 Å². The molecule has 0 spiro atoms. The molecular weight excluding hydrogens is 224 g/mol. The first kappa shape index (κ1) is 12.4. The maximum Gasteiger partial charge on any atom is 0.126 e. The van der Waals surface area contributed by atoms with Gasteiger partial charge in [-0.2, -0.15) is 0 Å². The van der Waals surface area contributed by atoms with Crippen LogP contribution in [0.1, 0.15) is 16.7 Å². The summed E-state index contributed by atoms with van der Waals surface area (Å²) in [6.07, 6.45) is 1.79. The second-order valence-corrected chi connectivity index (χ2v) is 4.31. The van der Waals surface area contributed by atoms with Gasteiger partial charge in [0.25, 0.3) is 0 Å². The lowest BCUT2D eigenvalue weighted by molar-refractivity contribution is 0.302. The van der Waals surface area contributed by atoms with Crippen LogP contribution in [-0.2, 0) is 6.61 Å². The molecule has 0 radical (unpaired) electrons. The third-order valence-electron chi connectivity index (χ3n) is 2.87. The highest BCUT2D eigenvalue weighted by molar-refractivity contribution is 5.40. The number of aromatic nitrogens is 1. The summed E-state index contributed by atoms with van der Waals surface area (Å²) in [5.41, 5.74) is 3.44. The lowest BCUT2D eigenvalue weighted by Gasteiger charge is -2.12. The van der Waals surface area contributed by atoms with Crippen LogP contribution in [-0.4, -0.2) is 12.0 Å². The number of hydrogen-bond acceptors (Lipinski definition) is 3. The largest absolute Gasteiger partial charge is 0.488 e. The Bertz CT molecular complexity index is 518. The molecule has 0 aliphatic carbocycles. The van der Waals surface area contributed by atoms with Crippen molar-refractivity contribution in [2.24, 2.45) is 0 Å². The van der Waals surface area contributed by atoms with E-state index < -0.39 is 0 Å². The minimum atomic E-state index is 0.558. The van der Waals surface area contributed by atoms with Crippen LogP contribution < -0.4 is 10.1 Å². The fraction of sp³-hybridized carbons (Fsp3) is 0.267. The van der Waals surface area contributed by atoms with Crippen LogP contribution in [0.2, 0.25) is 0 Å². The molecule has 0 aliphatic heterocycles. The van der Waals surface area contributed by atoms with E-state index in [-0.39, 0.29) is 0 Å². The lowest BCUT2D eigenvalue weighted by Crippen LogP contribution is -2.00. The highest BCUT2D eigenvalue weighted by Crippen LogP contribution is 2.23. The van der Waals surface area contributed by atoms with E-state index in [9.17, 15) is 0 Å². The predicted molar refractivity (Wildman–Crippen MR) is 74.0 cm³/mol. The van der Waals surface area contributed by atoms with Crippen LogP contribution >= 0.6 is 0 Å². The summed E-state index contributed by atoms with van der Waals surface area (Å²) in [5, 5.41) is 3.02. The number of rotatable bonds is 4. The monoisotopic (exact) mass is 242 g/mol. The van der Waals surface area contributed by atoms with Crippen molar-refractivity contribution in [3.63, 3.8) is 0 Å². The van der Waals surface area contributed by atoms with E-state index in [2.05, 4.69) is 36.3 Å². The summed E-state index contributed by atoms with van der Waals surface area (Å²) in [6, 6.07) is 10.1. The van der Waals surface area contributed by atoms with Gasteiger partial charge in [0, 0.05) is 13.2 Å². The van der Waals surface area contributed by atoms with Crippen LogP contribution in [0.25, 0.3) is 0 Å². The number of benzene rings is 1. The third-order valence-corrected chi connectivity index (χ3v) is 2.87. The quantitative estimate of drug-likeness (QED) is 0.893. The molecule has 1 aromatic carbocycles. The molecule has 0 saturated heterocycles. The van der Waals surface area contributed by atoms with E-state index in [0.717, 1.165) is 28.3 Å². The second kappa shape index (κ2) is 5.54. The highest BCUT2D eigenvalue weighted by Gasteiger charge is 2.04. The number of nitrogens with one attached hydrogen (secondary N) is 1. The van der Waals surface area contributed by atoms with Crippen molar-refractivity contribution in [1.29, 1.82) is 0 Å². The summed E-state index contributed by atoms with van der Waals surface area (Å²) in [7, 11) is 1.86. The minimum absolute atomic E-state index is 0.558.